The minimum absolute atomic E-state index is 0.640. The molecular formula is C17H14BrNO. The summed E-state index contributed by atoms with van der Waals surface area (Å²) in [7, 11) is 0. The van der Waals surface area contributed by atoms with Gasteiger partial charge in [-0.1, -0.05) is 40.2 Å². The van der Waals surface area contributed by atoms with Gasteiger partial charge in [-0.05, 0) is 47.9 Å². The Kier molecular flexibility index (Phi) is 3.55. The number of benzene rings is 2. The fourth-order valence-electron chi connectivity index (χ4n) is 2.34. The molecule has 3 aromatic rings. The summed E-state index contributed by atoms with van der Waals surface area (Å²) < 4.78 is 0.969. The van der Waals surface area contributed by atoms with Gasteiger partial charge in [0.2, 0.25) is 0 Å². The highest BCUT2D eigenvalue weighted by atomic mass is 79.9. The van der Waals surface area contributed by atoms with Crippen LogP contribution < -0.4 is 0 Å². The average Bonchev–Trinajstić information content (AvgIpc) is 2.48. The second-order valence-corrected chi connectivity index (χ2v) is 5.77. The predicted octanol–water partition coefficient (Wildman–Crippen LogP) is 4.39. The highest BCUT2D eigenvalue weighted by Gasteiger charge is 2.14. The summed E-state index contributed by atoms with van der Waals surface area (Å²) in [5, 5.41) is 11.7. The molecule has 100 valence electrons. The first kappa shape index (κ1) is 13.3. The van der Waals surface area contributed by atoms with Gasteiger partial charge in [-0.15, -0.1) is 0 Å². The van der Waals surface area contributed by atoms with Crippen molar-refractivity contribution in [3.63, 3.8) is 0 Å². The quantitative estimate of drug-likeness (QED) is 0.757. The molecule has 1 heterocycles. The molecule has 2 nitrogen and oxygen atoms in total. The van der Waals surface area contributed by atoms with Crippen LogP contribution >= 0.6 is 15.9 Å². The van der Waals surface area contributed by atoms with Crippen LogP contribution in [0.4, 0.5) is 0 Å². The molecule has 1 aromatic heterocycles. The van der Waals surface area contributed by atoms with Gasteiger partial charge in [0.15, 0.2) is 0 Å². The Morgan fingerprint density at radius 3 is 2.80 bits per heavy atom. The van der Waals surface area contributed by atoms with Crippen molar-refractivity contribution in [1.82, 2.24) is 4.98 Å². The number of fused-ring (bicyclic) bond motifs is 1. The van der Waals surface area contributed by atoms with E-state index in [-0.39, 0.29) is 0 Å². The van der Waals surface area contributed by atoms with Crippen LogP contribution in [-0.2, 0) is 0 Å². The lowest BCUT2D eigenvalue weighted by Crippen LogP contribution is -2.02. The summed E-state index contributed by atoms with van der Waals surface area (Å²) in [5.74, 6) is 0. The normalized spacial score (nSPS) is 12.6. The molecule has 1 unspecified atom stereocenters. The second kappa shape index (κ2) is 5.35. The Bertz CT molecular complexity index is 770. The topological polar surface area (TPSA) is 33.1 Å². The second-order valence-electron chi connectivity index (χ2n) is 4.86. The zero-order valence-electron chi connectivity index (χ0n) is 11.0. The number of hydrogen-bond donors (Lipinski definition) is 1. The largest absolute Gasteiger partial charge is 0.384 e. The summed E-state index contributed by atoms with van der Waals surface area (Å²) in [6, 6.07) is 15.8. The molecule has 0 aliphatic carbocycles. The van der Waals surface area contributed by atoms with Crippen LogP contribution in [0.1, 0.15) is 22.8 Å². The molecule has 1 N–H and O–H groups in total. The van der Waals surface area contributed by atoms with Crippen molar-refractivity contribution in [2.45, 2.75) is 13.0 Å². The van der Waals surface area contributed by atoms with Crippen molar-refractivity contribution < 1.29 is 5.11 Å². The Hall–Kier alpha value is -1.71. The maximum atomic E-state index is 10.6. The SMILES string of the molecule is Cc1ccc(Br)cc1C(O)c1ccc2cccnc2c1. The number of rotatable bonds is 2. The van der Waals surface area contributed by atoms with E-state index in [1.807, 2.05) is 55.5 Å². The molecule has 0 radical (unpaired) electrons. The van der Waals surface area contributed by atoms with E-state index >= 15 is 0 Å². The van der Waals surface area contributed by atoms with Gasteiger partial charge in [0.1, 0.15) is 6.10 Å². The van der Waals surface area contributed by atoms with Gasteiger partial charge in [0.05, 0.1) is 5.52 Å². The fraction of sp³-hybridized carbons (Fsp3) is 0.118. The monoisotopic (exact) mass is 327 g/mol. The number of hydrogen-bond acceptors (Lipinski definition) is 2. The number of aromatic nitrogens is 1. The third kappa shape index (κ3) is 2.47. The zero-order valence-corrected chi connectivity index (χ0v) is 12.6. The lowest BCUT2D eigenvalue weighted by atomic mass is 9.97. The molecule has 0 fully saturated rings. The van der Waals surface area contributed by atoms with Crippen LogP contribution in [0.2, 0.25) is 0 Å². The standard InChI is InChI=1S/C17H14BrNO/c1-11-4-7-14(18)10-15(11)17(20)13-6-5-12-3-2-8-19-16(12)9-13/h2-10,17,20H,1H3. The van der Waals surface area contributed by atoms with Crippen molar-refractivity contribution in [2.75, 3.05) is 0 Å². The highest BCUT2D eigenvalue weighted by molar-refractivity contribution is 9.10. The predicted molar refractivity (Wildman–Crippen MR) is 84.7 cm³/mol. The summed E-state index contributed by atoms with van der Waals surface area (Å²) in [4.78, 5) is 4.34. The molecule has 0 aliphatic heterocycles. The Morgan fingerprint density at radius 1 is 1.10 bits per heavy atom. The number of nitrogens with zero attached hydrogens (tertiary/aromatic N) is 1. The van der Waals surface area contributed by atoms with E-state index < -0.39 is 6.10 Å². The van der Waals surface area contributed by atoms with Gasteiger partial charge in [0.25, 0.3) is 0 Å². The smallest absolute Gasteiger partial charge is 0.104 e. The Balaban J connectivity index is 2.07. The van der Waals surface area contributed by atoms with E-state index in [4.69, 9.17) is 0 Å². The third-order valence-electron chi connectivity index (χ3n) is 3.48. The van der Waals surface area contributed by atoms with Crippen molar-refractivity contribution in [3.05, 3.63) is 75.9 Å². The van der Waals surface area contributed by atoms with E-state index in [9.17, 15) is 5.11 Å². The summed E-state index contributed by atoms with van der Waals surface area (Å²) in [5.41, 5.74) is 3.74. The van der Waals surface area contributed by atoms with Crippen molar-refractivity contribution >= 4 is 26.8 Å². The van der Waals surface area contributed by atoms with Crippen molar-refractivity contribution in [1.29, 1.82) is 0 Å². The van der Waals surface area contributed by atoms with E-state index in [0.29, 0.717) is 0 Å². The minimum atomic E-state index is -0.640. The summed E-state index contributed by atoms with van der Waals surface area (Å²) in [6.45, 7) is 2.00. The van der Waals surface area contributed by atoms with Crippen LogP contribution in [0.3, 0.4) is 0 Å². The lowest BCUT2D eigenvalue weighted by Gasteiger charge is -2.15. The maximum absolute atomic E-state index is 10.6. The zero-order chi connectivity index (χ0) is 14.1. The van der Waals surface area contributed by atoms with Crippen LogP contribution in [0.5, 0.6) is 0 Å². The van der Waals surface area contributed by atoms with Gasteiger partial charge < -0.3 is 5.11 Å². The molecule has 3 heteroatoms. The number of aliphatic hydroxyl groups excluding tert-OH is 1. The number of pyridine rings is 1. The van der Waals surface area contributed by atoms with E-state index in [1.165, 1.54) is 0 Å². The Labute approximate surface area is 126 Å². The Morgan fingerprint density at radius 2 is 1.95 bits per heavy atom. The van der Waals surface area contributed by atoms with Gasteiger partial charge in [-0.3, -0.25) is 4.98 Å². The molecule has 0 bridgehead atoms. The fourth-order valence-corrected chi connectivity index (χ4v) is 2.72. The molecule has 20 heavy (non-hydrogen) atoms. The van der Waals surface area contributed by atoms with Crippen molar-refractivity contribution in [3.8, 4) is 0 Å². The molecule has 0 spiro atoms. The van der Waals surface area contributed by atoms with Gasteiger partial charge in [-0.2, -0.15) is 0 Å². The van der Waals surface area contributed by atoms with Crippen molar-refractivity contribution in [2.24, 2.45) is 0 Å². The maximum Gasteiger partial charge on any atom is 0.104 e. The van der Waals surface area contributed by atoms with Crippen LogP contribution in [0.25, 0.3) is 10.9 Å². The number of aryl methyl sites for hydroxylation is 1. The molecular weight excluding hydrogens is 314 g/mol. The first-order valence-corrected chi connectivity index (χ1v) is 7.23. The molecule has 0 saturated carbocycles. The summed E-state index contributed by atoms with van der Waals surface area (Å²) >= 11 is 3.45. The minimum Gasteiger partial charge on any atom is -0.384 e. The third-order valence-corrected chi connectivity index (χ3v) is 3.97. The molecule has 1 atom stereocenters. The molecule has 0 aliphatic rings. The molecule has 3 rings (SSSR count). The van der Waals surface area contributed by atoms with Gasteiger partial charge >= 0.3 is 0 Å². The highest BCUT2D eigenvalue weighted by Crippen LogP contribution is 2.28. The first-order valence-electron chi connectivity index (χ1n) is 6.44. The van der Waals surface area contributed by atoms with Gasteiger partial charge in [0, 0.05) is 16.1 Å². The number of halogens is 1. The van der Waals surface area contributed by atoms with E-state index in [1.54, 1.807) is 6.20 Å². The molecule has 0 amide bonds. The average molecular weight is 328 g/mol. The lowest BCUT2D eigenvalue weighted by molar-refractivity contribution is 0.219. The molecule has 0 saturated heterocycles. The van der Waals surface area contributed by atoms with Gasteiger partial charge in [-0.25, -0.2) is 0 Å². The van der Waals surface area contributed by atoms with E-state index in [0.717, 1.165) is 32.1 Å². The first-order chi connectivity index (χ1) is 9.65. The van der Waals surface area contributed by atoms with Crippen LogP contribution in [0, 0.1) is 6.92 Å². The number of aliphatic hydroxyl groups is 1. The van der Waals surface area contributed by atoms with E-state index in [2.05, 4.69) is 20.9 Å². The van der Waals surface area contributed by atoms with Crippen LogP contribution in [-0.4, -0.2) is 10.1 Å². The van der Waals surface area contributed by atoms with Crippen LogP contribution in [0.15, 0.2) is 59.2 Å². The summed E-state index contributed by atoms with van der Waals surface area (Å²) in [6.07, 6.45) is 1.13. The molecule has 2 aromatic carbocycles.